The van der Waals surface area contributed by atoms with Gasteiger partial charge in [-0.3, -0.25) is 0 Å². The summed E-state index contributed by atoms with van der Waals surface area (Å²) in [5.41, 5.74) is 0. The Morgan fingerprint density at radius 2 is 1.33 bits per heavy atom. The first-order valence-corrected chi connectivity index (χ1v) is 6.51. The minimum absolute atomic E-state index is 0.723. The highest BCUT2D eigenvalue weighted by Gasteiger charge is 2.25. The van der Waals surface area contributed by atoms with Gasteiger partial charge in [-0.1, -0.05) is 49.9 Å². The highest BCUT2D eigenvalue weighted by Crippen LogP contribution is 2.29. The van der Waals surface area contributed by atoms with E-state index in [2.05, 4.69) is 23.6 Å². The first-order chi connectivity index (χ1) is 7.20. The Balaban J connectivity index is 2.46. The zero-order valence-corrected chi connectivity index (χ0v) is 11.1. The van der Waals surface area contributed by atoms with Crippen molar-refractivity contribution in [2.75, 3.05) is 19.8 Å². The van der Waals surface area contributed by atoms with E-state index in [0.29, 0.717) is 0 Å². The van der Waals surface area contributed by atoms with Crippen LogP contribution in [0.15, 0.2) is 10.3 Å². The fraction of sp³-hybridized carbons (Fsp3) is 0.818. The lowest BCUT2D eigenvalue weighted by Gasteiger charge is -2.21. The zero-order valence-electron chi connectivity index (χ0n) is 9.60. The second-order valence-corrected chi connectivity index (χ2v) is 4.67. The number of rotatable bonds is 6. The molecule has 88 valence electrons. The van der Waals surface area contributed by atoms with Crippen LogP contribution in [0.3, 0.4) is 0 Å². The van der Waals surface area contributed by atoms with Crippen LogP contribution in [0, 0.1) is 0 Å². The van der Waals surface area contributed by atoms with Crippen LogP contribution in [0.2, 0.25) is 0 Å². The van der Waals surface area contributed by atoms with Crippen LogP contribution in [0.5, 0.6) is 0 Å². The minimum Gasteiger partial charge on any atom is -0.342 e. The molecule has 0 aromatic carbocycles. The number of hydrogen-bond donors (Lipinski definition) is 0. The van der Waals surface area contributed by atoms with Gasteiger partial charge in [-0.2, -0.15) is 0 Å². The van der Waals surface area contributed by atoms with Gasteiger partial charge in [-0.05, 0) is 12.8 Å². The fourth-order valence-corrected chi connectivity index (χ4v) is 2.14. The molecule has 0 unspecified atom stereocenters. The molecule has 0 saturated heterocycles. The lowest BCUT2D eigenvalue weighted by Crippen LogP contribution is -2.28. The Labute approximate surface area is 103 Å². The van der Waals surface area contributed by atoms with Gasteiger partial charge >= 0.3 is 0 Å². The van der Waals surface area contributed by atoms with Gasteiger partial charge < -0.3 is 9.80 Å². The van der Waals surface area contributed by atoms with E-state index in [1.54, 1.807) is 0 Å². The van der Waals surface area contributed by atoms with Gasteiger partial charge in [0.1, 0.15) is 10.3 Å². The Kier molecular flexibility index (Phi) is 5.62. The average molecular weight is 251 g/mol. The van der Waals surface area contributed by atoms with Crippen LogP contribution in [0.25, 0.3) is 0 Å². The third-order valence-corrected chi connectivity index (χ3v) is 3.56. The summed E-state index contributed by atoms with van der Waals surface area (Å²) in [7, 11) is 0. The van der Waals surface area contributed by atoms with Gasteiger partial charge in [0, 0.05) is 13.1 Å². The van der Waals surface area contributed by atoms with Crippen LogP contribution in [0.4, 0.5) is 0 Å². The fourth-order valence-electron chi connectivity index (χ4n) is 1.63. The van der Waals surface area contributed by atoms with Crippen molar-refractivity contribution < 1.29 is 0 Å². The molecule has 0 aromatic heterocycles. The van der Waals surface area contributed by atoms with Gasteiger partial charge in [0.25, 0.3) is 0 Å². The summed E-state index contributed by atoms with van der Waals surface area (Å²) < 4.78 is 0. The Bertz CT molecular complexity index is 207. The molecule has 0 amide bonds. The Morgan fingerprint density at radius 3 is 1.67 bits per heavy atom. The summed E-state index contributed by atoms with van der Waals surface area (Å²) in [6.45, 7) is 7.24. The van der Waals surface area contributed by atoms with Crippen molar-refractivity contribution >= 4 is 23.2 Å². The molecule has 1 aliphatic rings. The lowest BCUT2D eigenvalue weighted by atomic mass is 10.3. The molecule has 1 aliphatic heterocycles. The highest BCUT2D eigenvalue weighted by atomic mass is 35.5. The van der Waals surface area contributed by atoms with E-state index in [1.165, 1.54) is 25.7 Å². The molecule has 2 nitrogen and oxygen atoms in total. The molecule has 0 atom stereocenters. The summed E-state index contributed by atoms with van der Waals surface area (Å²) in [5.74, 6) is 0. The molecule has 0 aliphatic carbocycles. The third-order valence-electron chi connectivity index (χ3n) is 2.63. The van der Waals surface area contributed by atoms with Gasteiger partial charge in [-0.15, -0.1) is 0 Å². The van der Waals surface area contributed by atoms with Crippen molar-refractivity contribution in [3.63, 3.8) is 0 Å². The minimum atomic E-state index is 0.723. The number of nitrogens with zero attached hydrogens (tertiary/aromatic N) is 2. The maximum absolute atomic E-state index is 6.17. The molecule has 0 spiro atoms. The van der Waals surface area contributed by atoms with Crippen LogP contribution in [0.1, 0.15) is 39.5 Å². The predicted octanol–water partition coefficient (Wildman–Crippen LogP) is 3.77. The Morgan fingerprint density at radius 1 is 0.933 bits per heavy atom. The van der Waals surface area contributed by atoms with Crippen LogP contribution >= 0.6 is 23.2 Å². The van der Waals surface area contributed by atoms with Crippen LogP contribution < -0.4 is 0 Å². The molecule has 0 N–H and O–H groups in total. The van der Waals surface area contributed by atoms with Crippen molar-refractivity contribution in [2.45, 2.75) is 39.5 Å². The maximum atomic E-state index is 6.17. The summed E-state index contributed by atoms with van der Waals surface area (Å²) in [5, 5.41) is 1.45. The molecule has 0 fully saturated rings. The van der Waals surface area contributed by atoms with E-state index in [9.17, 15) is 0 Å². The summed E-state index contributed by atoms with van der Waals surface area (Å²) in [6, 6.07) is 0. The molecule has 4 heteroatoms. The monoisotopic (exact) mass is 250 g/mol. The standard InChI is InChI=1S/C11H20Cl2N2/c1-3-5-7-14-9-15(8-6-4-2)11(13)10(14)12/h3-9H2,1-2H3. The summed E-state index contributed by atoms with van der Waals surface area (Å²) in [4.78, 5) is 4.31. The second-order valence-electron chi connectivity index (χ2n) is 3.96. The predicted molar refractivity (Wildman–Crippen MR) is 66.8 cm³/mol. The van der Waals surface area contributed by atoms with Gasteiger partial charge in [0.05, 0.1) is 6.67 Å². The lowest BCUT2D eigenvalue weighted by molar-refractivity contribution is 0.253. The van der Waals surface area contributed by atoms with Crippen molar-refractivity contribution in [1.82, 2.24) is 9.80 Å². The van der Waals surface area contributed by atoms with Gasteiger partial charge in [0.2, 0.25) is 0 Å². The van der Waals surface area contributed by atoms with Crippen molar-refractivity contribution in [3.05, 3.63) is 10.3 Å². The molecule has 1 heterocycles. The van der Waals surface area contributed by atoms with Crippen molar-refractivity contribution in [3.8, 4) is 0 Å². The van der Waals surface area contributed by atoms with Crippen molar-refractivity contribution in [1.29, 1.82) is 0 Å². The zero-order chi connectivity index (χ0) is 11.3. The highest BCUT2D eigenvalue weighted by molar-refractivity contribution is 6.38. The molecule has 0 aromatic rings. The number of unbranched alkanes of at least 4 members (excludes halogenated alkanes) is 2. The van der Waals surface area contributed by atoms with Crippen LogP contribution in [-0.2, 0) is 0 Å². The van der Waals surface area contributed by atoms with E-state index >= 15 is 0 Å². The molecular formula is C11H20Cl2N2. The van der Waals surface area contributed by atoms with Gasteiger partial charge in [-0.25, -0.2) is 0 Å². The van der Waals surface area contributed by atoms with E-state index in [0.717, 1.165) is 30.1 Å². The largest absolute Gasteiger partial charge is 0.342 e. The normalized spacial score (nSPS) is 16.8. The summed E-state index contributed by atoms with van der Waals surface area (Å²) >= 11 is 12.3. The van der Waals surface area contributed by atoms with E-state index in [1.807, 2.05) is 0 Å². The quantitative estimate of drug-likeness (QED) is 0.663. The summed E-state index contributed by atoms with van der Waals surface area (Å²) in [6.07, 6.45) is 4.71. The first kappa shape index (κ1) is 13.0. The van der Waals surface area contributed by atoms with E-state index in [-0.39, 0.29) is 0 Å². The molecule has 0 radical (unpaired) electrons. The van der Waals surface area contributed by atoms with E-state index < -0.39 is 0 Å². The van der Waals surface area contributed by atoms with Crippen molar-refractivity contribution in [2.24, 2.45) is 0 Å². The Hall–Kier alpha value is -0.0800. The molecular weight excluding hydrogens is 231 g/mol. The third kappa shape index (κ3) is 3.46. The van der Waals surface area contributed by atoms with E-state index in [4.69, 9.17) is 23.2 Å². The smallest absolute Gasteiger partial charge is 0.141 e. The first-order valence-electron chi connectivity index (χ1n) is 5.75. The SMILES string of the molecule is CCCCN1CN(CCCC)C(Cl)=C1Cl. The second kappa shape index (κ2) is 6.49. The molecule has 0 bridgehead atoms. The van der Waals surface area contributed by atoms with Crippen LogP contribution in [-0.4, -0.2) is 29.6 Å². The topological polar surface area (TPSA) is 6.48 Å². The molecule has 0 saturated carbocycles. The molecule has 15 heavy (non-hydrogen) atoms. The number of halogens is 2. The molecule has 1 rings (SSSR count). The van der Waals surface area contributed by atoms with Gasteiger partial charge in [0.15, 0.2) is 0 Å². The maximum Gasteiger partial charge on any atom is 0.141 e. The average Bonchev–Trinajstić information content (AvgIpc) is 2.51. The number of hydrogen-bond acceptors (Lipinski definition) is 2.